The Kier molecular flexibility index (Phi) is 6.64. The molecule has 30 heavy (non-hydrogen) atoms. The third-order valence-electron chi connectivity index (χ3n) is 5.01. The molecule has 0 unspecified atom stereocenters. The predicted octanol–water partition coefficient (Wildman–Crippen LogP) is 3.97. The number of amides is 2. The Hall–Kier alpha value is -2.86. The van der Waals surface area contributed by atoms with E-state index in [0.717, 1.165) is 36.6 Å². The lowest BCUT2D eigenvalue weighted by molar-refractivity contribution is -0.118. The Morgan fingerprint density at radius 3 is 2.60 bits per heavy atom. The van der Waals surface area contributed by atoms with Crippen LogP contribution in [-0.2, 0) is 11.2 Å². The van der Waals surface area contributed by atoms with Gasteiger partial charge in [-0.2, -0.15) is 0 Å². The topological polar surface area (TPSA) is 71.1 Å². The summed E-state index contributed by atoms with van der Waals surface area (Å²) < 4.78 is 0. The molecule has 0 spiro atoms. The number of pyridine rings is 1. The van der Waals surface area contributed by atoms with Crippen molar-refractivity contribution in [3.05, 3.63) is 71.8 Å². The largest absolute Gasteiger partial charge is 0.355 e. The molecule has 0 aliphatic heterocycles. The Balaban J connectivity index is 1.32. The quantitative estimate of drug-likeness (QED) is 0.407. The molecule has 1 saturated carbocycles. The van der Waals surface area contributed by atoms with Crippen molar-refractivity contribution >= 4 is 34.5 Å². The second-order valence-corrected chi connectivity index (χ2v) is 8.50. The third-order valence-corrected chi connectivity index (χ3v) is 5.92. The first-order chi connectivity index (χ1) is 14.7. The maximum absolute atomic E-state index is 12.7. The SMILES string of the molecule is O=C(CSc1cc(C(=O)NC2CC2)c2ccccc2n1)NCCCc1ccccc1. The van der Waals surface area contributed by atoms with Crippen LogP contribution in [-0.4, -0.2) is 35.1 Å². The van der Waals surface area contributed by atoms with Crippen molar-refractivity contribution in [2.75, 3.05) is 12.3 Å². The highest BCUT2D eigenvalue weighted by molar-refractivity contribution is 7.99. The van der Waals surface area contributed by atoms with Gasteiger partial charge >= 0.3 is 0 Å². The van der Waals surface area contributed by atoms with E-state index < -0.39 is 0 Å². The van der Waals surface area contributed by atoms with Crippen LogP contribution in [0.25, 0.3) is 10.9 Å². The molecule has 1 aliphatic rings. The average molecular weight is 420 g/mol. The number of hydrogen-bond donors (Lipinski definition) is 2. The standard InChI is InChI=1S/C24H25N3O2S/c28-22(25-14-6-9-17-7-2-1-3-8-17)16-30-23-15-20(24(29)26-18-12-13-18)19-10-4-5-11-21(19)27-23/h1-5,7-8,10-11,15,18H,6,9,12-14,16H2,(H,25,28)(H,26,29). The Bertz CT molecular complexity index is 1040. The fraction of sp³-hybridized carbons (Fsp3) is 0.292. The number of hydrogen-bond acceptors (Lipinski definition) is 4. The fourth-order valence-corrected chi connectivity index (χ4v) is 4.00. The summed E-state index contributed by atoms with van der Waals surface area (Å²) in [5.74, 6) is 0.190. The molecular weight excluding hydrogens is 394 g/mol. The molecule has 2 aromatic carbocycles. The molecule has 3 aromatic rings. The van der Waals surface area contributed by atoms with E-state index in [1.807, 2.05) is 42.5 Å². The second-order valence-electron chi connectivity index (χ2n) is 7.50. The van der Waals surface area contributed by atoms with E-state index >= 15 is 0 Å². The van der Waals surface area contributed by atoms with E-state index in [1.54, 1.807) is 6.07 Å². The maximum atomic E-state index is 12.7. The fourth-order valence-electron chi connectivity index (χ4n) is 3.26. The average Bonchev–Trinajstić information content (AvgIpc) is 3.59. The van der Waals surface area contributed by atoms with E-state index in [9.17, 15) is 9.59 Å². The second kappa shape index (κ2) is 9.76. The maximum Gasteiger partial charge on any atom is 0.252 e. The summed E-state index contributed by atoms with van der Waals surface area (Å²) in [5.41, 5.74) is 2.67. The summed E-state index contributed by atoms with van der Waals surface area (Å²) in [6.07, 6.45) is 3.93. The molecule has 5 nitrogen and oxygen atoms in total. The molecule has 1 aromatic heterocycles. The minimum absolute atomic E-state index is 0.0213. The van der Waals surface area contributed by atoms with E-state index in [2.05, 4.69) is 27.8 Å². The molecule has 1 heterocycles. The summed E-state index contributed by atoms with van der Waals surface area (Å²) >= 11 is 1.36. The van der Waals surface area contributed by atoms with Crippen LogP contribution < -0.4 is 10.6 Å². The summed E-state index contributed by atoms with van der Waals surface area (Å²) in [5, 5.41) is 7.54. The van der Waals surface area contributed by atoms with Gasteiger partial charge in [0, 0.05) is 18.0 Å². The number of nitrogens with zero attached hydrogens (tertiary/aromatic N) is 1. The van der Waals surface area contributed by atoms with Gasteiger partial charge in [0.25, 0.3) is 5.91 Å². The van der Waals surface area contributed by atoms with Gasteiger partial charge in [-0.15, -0.1) is 0 Å². The van der Waals surface area contributed by atoms with Crippen molar-refractivity contribution in [1.29, 1.82) is 0 Å². The summed E-state index contributed by atoms with van der Waals surface area (Å²) in [6, 6.07) is 20.0. The number of rotatable bonds is 9. The lowest BCUT2D eigenvalue weighted by Gasteiger charge is -2.10. The third kappa shape index (κ3) is 5.60. The number of aromatic nitrogens is 1. The monoisotopic (exact) mass is 419 g/mol. The molecular formula is C24H25N3O2S. The smallest absolute Gasteiger partial charge is 0.252 e. The Morgan fingerprint density at radius 2 is 1.80 bits per heavy atom. The molecule has 154 valence electrons. The molecule has 2 amide bonds. The van der Waals surface area contributed by atoms with Crippen LogP contribution in [0, 0.1) is 0 Å². The van der Waals surface area contributed by atoms with Crippen LogP contribution in [0.15, 0.2) is 65.7 Å². The first kappa shape index (κ1) is 20.4. The number of benzene rings is 2. The van der Waals surface area contributed by atoms with Crippen LogP contribution >= 0.6 is 11.8 Å². The van der Waals surface area contributed by atoms with E-state index in [1.165, 1.54) is 17.3 Å². The van der Waals surface area contributed by atoms with Crippen LogP contribution in [0.5, 0.6) is 0 Å². The first-order valence-electron chi connectivity index (χ1n) is 10.3. The van der Waals surface area contributed by atoms with Gasteiger partial charge in [0.1, 0.15) is 0 Å². The van der Waals surface area contributed by atoms with Gasteiger partial charge in [0.2, 0.25) is 5.91 Å². The van der Waals surface area contributed by atoms with Gasteiger partial charge in [-0.1, -0.05) is 60.3 Å². The van der Waals surface area contributed by atoms with Crippen molar-refractivity contribution in [3.8, 4) is 0 Å². The zero-order chi connectivity index (χ0) is 20.8. The van der Waals surface area contributed by atoms with Crippen molar-refractivity contribution in [2.45, 2.75) is 36.8 Å². The van der Waals surface area contributed by atoms with Gasteiger partial charge in [0.15, 0.2) is 0 Å². The summed E-state index contributed by atoms with van der Waals surface area (Å²) in [6.45, 7) is 0.647. The summed E-state index contributed by atoms with van der Waals surface area (Å²) in [4.78, 5) is 29.5. The van der Waals surface area contributed by atoms with E-state index in [-0.39, 0.29) is 17.6 Å². The molecule has 1 aliphatic carbocycles. The first-order valence-corrected chi connectivity index (χ1v) is 11.3. The van der Waals surface area contributed by atoms with Gasteiger partial charge in [-0.05, 0) is 43.4 Å². The minimum atomic E-state index is -0.0664. The van der Waals surface area contributed by atoms with Crippen molar-refractivity contribution in [2.24, 2.45) is 0 Å². The zero-order valence-electron chi connectivity index (χ0n) is 16.8. The molecule has 2 N–H and O–H groups in total. The Labute approximate surface area is 180 Å². The van der Waals surface area contributed by atoms with E-state index in [4.69, 9.17) is 0 Å². The van der Waals surface area contributed by atoms with Crippen LogP contribution in [0.4, 0.5) is 0 Å². The molecule has 6 heteroatoms. The summed E-state index contributed by atoms with van der Waals surface area (Å²) in [7, 11) is 0. The predicted molar refractivity (Wildman–Crippen MR) is 121 cm³/mol. The molecule has 4 rings (SSSR count). The number of carbonyl (C=O) groups excluding carboxylic acids is 2. The number of aryl methyl sites for hydroxylation is 1. The van der Waals surface area contributed by atoms with Gasteiger partial charge in [-0.25, -0.2) is 4.98 Å². The normalized spacial score (nSPS) is 13.2. The van der Waals surface area contributed by atoms with E-state index in [0.29, 0.717) is 23.2 Å². The zero-order valence-corrected chi connectivity index (χ0v) is 17.6. The molecule has 0 atom stereocenters. The number of para-hydroxylation sites is 1. The minimum Gasteiger partial charge on any atom is -0.355 e. The van der Waals surface area contributed by atoms with Gasteiger partial charge in [0.05, 0.1) is 21.9 Å². The number of fused-ring (bicyclic) bond motifs is 1. The van der Waals surface area contributed by atoms with Gasteiger partial charge in [-0.3, -0.25) is 9.59 Å². The van der Waals surface area contributed by atoms with Crippen molar-refractivity contribution in [1.82, 2.24) is 15.6 Å². The lowest BCUT2D eigenvalue weighted by atomic mass is 10.1. The lowest BCUT2D eigenvalue weighted by Crippen LogP contribution is -2.27. The number of nitrogens with one attached hydrogen (secondary N) is 2. The van der Waals surface area contributed by atoms with Crippen LogP contribution in [0.1, 0.15) is 35.2 Å². The number of thioether (sulfide) groups is 1. The highest BCUT2D eigenvalue weighted by atomic mass is 32.2. The van der Waals surface area contributed by atoms with Crippen LogP contribution in [0.3, 0.4) is 0 Å². The number of carbonyl (C=O) groups is 2. The van der Waals surface area contributed by atoms with Crippen LogP contribution in [0.2, 0.25) is 0 Å². The molecule has 0 radical (unpaired) electrons. The molecule has 1 fully saturated rings. The molecule has 0 bridgehead atoms. The molecule has 0 saturated heterocycles. The highest BCUT2D eigenvalue weighted by Gasteiger charge is 2.25. The van der Waals surface area contributed by atoms with Crippen molar-refractivity contribution in [3.63, 3.8) is 0 Å². The van der Waals surface area contributed by atoms with Gasteiger partial charge < -0.3 is 10.6 Å². The highest BCUT2D eigenvalue weighted by Crippen LogP contribution is 2.26. The Morgan fingerprint density at radius 1 is 1.03 bits per heavy atom. The van der Waals surface area contributed by atoms with Crippen molar-refractivity contribution < 1.29 is 9.59 Å².